The van der Waals surface area contributed by atoms with Crippen molar-refractivity contribution in [3.63, 3.8) is 0 Å². The minimum Gasteiger partial charge on any atom is -0.329 e. The molecule has 2 aliphatic rings. The third-order valence-electron chi connectivity index (χ3n) is 5.50. The highest BCUT2D eigenvalue weighted by Gasteiger charge is 2.44. The van der Waals surface area contributed by atoms with E-state index in [2.05, 4.69) is 42.2 Å². The SMILES string of the molecule is CCN(C1CC1)C1(CN)CCC(c2ccccc2)CC1. The van der Waals surface area contributed by atoms with E-state index in [0.717, 1.165) is 25.0 Å². The number of hydrogen-bond acceptors (Lipinski definition) is 2. The highest BCUT2D eigenvalue weighted by Crippen LogP contribution is 2.44. The van der Waals surface area contributed by atoms with Gasteiger partial charge in [0, 0.05) is 18.1 Å². The second-order valence-electron chi connectivity index (χ2n) is 6.63. The Bertz CT molecular complexity index is 416. The van der Waals surface area contributed by atoms with Gasteiger partial charge in [0.2, 0.25) is 0 Å². The average molecular weight is 272 g/mol. The molecule has 0 bridgehead atoms. The van der Waals surface area contributed by atoms with Crippen LogP contribution in [0.1, 0.15) is 56.9 Å². The molecule has 0 aromatic heterocycles. The van der Waals surface area contributed by atoms with Crippen molar-refractivity contribution < 1.29 is 0 Å². The van der Waals surface area contributed by atoms with Gasteiger partial charge in [-0.25, -0.2) is 0 Å². The maximum atomic E-state index is 6.22. The smallest absolute Gasteiger partial charge is 0.0335 e. The Balaban J connectivity index is 1.69. The van der Waals surface area contributed by atoms with Crippen molar-refractivity contribution >= 4 is 0 Å². The molecule has 0 heterocycles. The van der Waals surface area contributed by atoms with Gasteiger partial charge in [-0.3, -0.25) is 4.90 Å². The van der Waals surface area contributed by atoms with Crippen molar-refractivity contribution in [3.05, 3.63) is 35.9 Å². The van der Waals surface area contributed by atoms with E-state index in [1.807, 2.05) is 0 Å². The molecule has 2 saturated carbocycles. The summed E-state index contributed by atoms with van der Waals surface area (Å²) in [6, 6.07) is 11.9. The van der Waals surface area contributed by atoms with Crippen LogP contribution in [0.25, 0.3) is 0 Å². The average Bonchev–Trinajstić information content (AvgIpc) is 3.34. The Morgan fingerprint density at radius 3 is 2.25 bits per heavy atom. The van der Waals surface area contributed by atoms with Crippen molar-refractivity contribution in [2.75, 3.05) is 13.1 Å². The lowest BCUT2D eigenvalue weighted by atomic mass is 9.73. The molecule has 0 atom stereocenters. The van der Waals surface area contributed by atoms with Crippen LogP contribution in [0.5, 0.6) is 0 Å². The van der Waals surface area contributed by atoms with Gasteiger partial charge in [-0.1, -0.05) is 37.3 Å². The fraction of sp³-hybridized carbons (Fsp3) is 0.667. The third kappa shape index (κ3) is 2.64. The highest BCUT2D eigenvalue weighted by molar-refractivity contribution is 5.21. The predicted molar refractivity (Wildman–Crippen MR) is 84.8 cm³/mol. The fourth-order valence-corrected chi connectivity index (χ4v) is 4.19. The van der Waals surface area contributed by atoms with E-state index in [0.29, 0.717) is 5.54 Å². The first kappa shape index (κ1) is 14.1. The van der Waals surface area contributed by atoms with Crippen LogP contribution in [0.2, 0.25) is 0 Å². The van der Waals surface area contributed by atoms with E-state index in [9.17, 15) is 0 Å². The van der Waals surface area contributed by atoms with E-state index >= 15 is 0 Å². The molecule has 0 spiro atoms. The van der Waals surface area contributed by atoms with Crippen molar-refractivity contribution in [2.24, 2.45) is 5.73 Å². The number of likely N-dealkylation sites (N-methyl/N-ethyl adjacent to an activating group) is 1. The lowest BCUT2D eigenvalue weighted by Gasteiger charge is -2.48. The molecule has 2 aliphatic carbocycles. The van der Waals surface area contributed by atoms with Gasteiger partial charge in [0.1, 0.15) is 0 Å². The summed E-state index contributed by atoms with van der Waals surface area (Å²) < 4.78 is 0. The monoisotopic (exact) mass is 272 g/mol. The van der Waals surface area contributed by atoms with Crippen LogP contribution in [0, 0.1) is 0 Å². The van der Waals surface area contributed by atoms with Crippen molar-refractivity contribution in [1.29, 1.82) is 0 Å². The van der Waals surface area contributed by atoms with E-state index in [4.69, 9.17) is 5.73 Å². The largest absolute Gasteiger partial charge is 0.329 e. The molecular weight excluding hydrogens is 244 g/mol. The Labute approximate surface area is 123 Å². The molecule has 2 nitrogen and oxygen atoms in total. The summed E-state index contributed by atoms with van der Waals surface area (Å²) in [4.78, 5) is 2.73. The van der Waals surface area contributed by atoms with E-state index in [-0.39, 0.29) is 0 Å². The van der Waals surface area contributed by atoms with Gasteiger partial charge in [-0.2, -0.15) is 0 Å². The van der Waals surface area contributed by atoms with Crippen LogP contribution >= 0.6 is 0 Å². The summed E-state index contributed by atoms with van der Waals surface area (Å²) in [7, 11) is 0. The van der Waals surface area contributed by atoms with E-state index in [1.165, 1.54) is 44.1 Å². The normalized spacial score (nSPS) is 30.6. The summed E-state index contributed by atoms with van der Waals surface area (Å²) in [6.07, 6.45) is 7.91. The minimum absolute atomic E-state index is 0.293. The fourth-order valence-electron chi connectivity index (χ4n) is 4.19. The number of nitrogens with two attached hydrogens (primary N) is 1. The summed E-state index contributed by atoms with van der Waals surface area (Å²) in [6.45, 7) is 4.30. The zero-order valence-electron chi connectivity index (χ0n) is 12.7. The third-order valence-corrected chi connectivity index (χ3v) is 5.50. The second-order valence-corrected chi connectivity index (χ2v) is 6.63. The Morgan fingerprint density at radius 1 is 1.10 bits per heavy atom. The molecule has 2 N–H and O–H groups in total. The quantitative estimate of drug-likeness (QED) is 0.888. The number of hydrogen-bond donors (Lipinski definition) is 1. The predicted octanol–water partition coefficient (Wildman–Crippen LogP) is 3.53. The Kier molecular flexibility index (Phi) is 4.13. The molecule has 1 aromatic rings. The van der Waals surface area contributed by atoms with Gasteiger partial charge in [-0.05, 0) is 56.6 Å². The highest BCUT2D eigenvalue weighted by atomic mass is 15.3. The Hall–Kier alpha value is -0.860. The van der Waals surface area contributed by atoms with Crippen LogP contribution < -0.4 is 5.73 Å². The van der Waals surface area contributed by atoms with Gasteiger partial charge in [-0.15, -0.1) is 0 Å². The van der Waals surface area contributed by atoms with Crippen LogP contribution in [0.15, 0.2) is 30.3 Å². The zero-order chi connectivity index (χ0) is 14.0. The zero-order valence-corrected chi connectivity index (χ0v) is 12.7. The van der Waals surface area contributed by atoms with Crippen LogP contribution in [-0.2, 0) is 0 Å². The van der Waals surface area contributed by atoms with Gasteiger partial charge in [0.05, 0.1) is 0 Å². The first-order valence-electron chi connectivity index (χ1n) is 8.31. The number of benzene rings is 1. The molecule has 0 aliphatic heterocycles. The summed E-state index contributed by atoms with van der Waals surface area (Å²) >= 11 is 0. The number of nitrogens with zero attached hydrogens (tertiary/aromatic N) is 1. The summed E-state index contributed by atoms with van der Waals surface area (Å²) in [5, 5.41) is 0. The van der Waals surface area contributed by atoms with Crippen molar-refractivity contribution in [1.82, 2.24) is 4.90 Å². The van der Waals surface area contributed by atoms with Crippen molar-refractivity contribution in [3.8, 4) is 0 Å². The van der Waals surface area contributed by atoms with E-state index < -0.39 is 0 Å². The van der Waals surface area contributed by atoms with Gasteiger partial charge in [0.15, 0.2) is 0 Å². The standard InChI is InChI=1S/C18H28N2/c1-2-20(17-8-9-17)18(14-19)12-10-16(11-13-18)15-6-4-3-5-7-15/h3-7,16-17H,2,8-14,19H2,1H3. The first-order valence-corrected chi connectivity index (χ1v) is 8.31. The molecule has 1 aromatic carbocycles. The summed E-state index contributed by atoms with van der Waals surface area (Å²) in [5.74, 6) is 0.744. The van der Waals surface area contributed by atoms with Crippen LogP contribution in [0.3, 0.4) is 0 Å². The molecule has 0 unspecified atom stereocenters. The Morgan fingerprint density at radius 2 is 1.75 bits per heavy atom. The molecule has 2 heteroatoms. The molecule has 20 heavy (non-hydrogen) atoms. The molecule has 110 valence electrons. The van der Waals surface area contributed by atoms with Crippen LogP contribution in [-0.4, -0.2) is 29.6 Å². The first-order chi connectivity index (χ1) is 9.79. The molecule has 0 saturated heterocycles. The van der Waals surface area contributed by atoms with E-state index in [1.54, 1.807) is 0 Å². The molecule has 2 fully saturated rings. The van der Waals surface area contributed by atoms with Gasteiger partial charge < -0.3 is 5.73 Å². The number of rotatable bonds is 5. The molecule has 0 radical (unpaired) electrons. The lowest BCUT2D eigenvalue weighted by Crippen LogP contribution is -2.56. The topological polar surface area (TPSA) is 29.3 Å². The maximum Gasteiger partial charge on any atom is 0.0335 e. The van der Waals surface area contributed by atoms with Crippen molar-refractivity contribution in [2.45, 2.75) is 62.9 Å². The minimum atomic E-state index is 0.293. The van der Waals surface area contributed by atoms with Gasteiger partial charge >= 0.3 is 0 Å². The second kappa shape index (κ2) is 5.87. The summed E-state index contributed by atoms with van der Waals surface area (Å²) in [5.41, 5.74) is 8.04. The molecule has 0 amide bonds. The van der Waals surface area contributed by atoms with Gasteiger partial charge in [0.25, 0.3) is 0 Å². The maximum absolute atomic E-state index is 6.22. The van der Waals surface area contributed by atoms with Crippen LogP contribution in [0.4, 0.5) is 0 Å². The molecule has 3 rings (SSSR count). The molecular formula is C18H28N2. The lowest BCUT2D eigenvalue weighted by molar-refractivity contribution is 0.0489.